The molecule has 33 heavy (non-hydrogen) atoms. The maximum Gasteiger partial charge on any atom is 0.230 e. The molecule has 2 aromatic heterocycles. The number of benzene rings is 2. The minimum atomic E-state index is -1.06. The van der Waals surface area contributed by atoms with E-state index in [0.29, 0.717) is 23.4 Å². The molecular formula is C22H14F3N5O2S. The van der Waals surface area contributed by atoms with Gasteiger partial charge in [0.05, 0.1) is 22.7 Å². The molecular weight excluding hydrogens is 455 g/mol. The molecule has 0 unspecified atom stereocenters. The zero-order valence-corrected chi connectivity index (χ0v) is 17.7. The summed E-state index contributed by atoms with van der Waals surface area (Å²) in [4.78, 5) is 16.4. The van der Waals surface area contributed by atoms with Crippen molar-refractivity contribution in [1.82, 2.24) is 20.5 Å². The van der Waals surface area contributed by atoms with Gasteiger partial charge < -0.3 is 9.73 Å². The number of hydrogen-bond acceptors (Lipinski definition) is 7. The number of nitriles is 1. The highest BCUT2D eigenvalue weighted by atomic mass is 32.1. The summed E-state index contributed by atoms with van der Waals surface area (Å²) in [5.41, 5.74) is -0.0195. The lowest BCUT2D eigenvalue weighted by atomic mass is 10.0. The van der Waals surface area contributed by atoms with Gasteiger partial charge in [0.25, 0.3) is 0 Å². The number of hydrogen-bond donors (Lipinski definition) is 1. The minimum absolute atomic E-state index is 0.101. The molecule has 7 nitrogen and oxygen atoms in total. The number of carbonyl (C=O) groups excluding carboxylic acids is 1. The molecule has 1 aliphatic carbocycles. The molecule has 0 radical (unpaired) electrons. The van der Waals surface area contributed by atoms with Crippen molar-refractivity contribution in [2.45, 2.75) is 31.2 Å². The first kappa shape index (κ1) is 21.1. The van der Waals surface area contributed by atoms with Gasteiger partial charge in [-0.2, -0.15) is 5.26 Å². The number of amides is 1. The first-order valence-corrected chi connectivity index (χ1v) is 10.7. The summed E-state index contributed by atoms with van der Waals surface area (Å²) in [7, 11) is 0. The molecule has 2 heterocycles. The minimum Gasteiger partial charge on any atom is -0.424 e. The van der Waals surface area contributed by atoms with Gasteiger partial charge in [-0.1, -0.05) is 6.07 Å². The molecule has 0 bridgehead atoms. The molecule has 1 saturated carbocycles. The standard InChI is InChI=1S/C22H14F3N5O2S/c23-13-3-1-11(7-14(13)24)12-2-4-15-21(20(12)25)33-19(27-15)9-18-30-29-17(32-18)8-16(31)28-22(10-26)5-6-22/h1-4,7H,5-6,8-9H2,(H,28,31). The molecule has 1 aliphatic rings. The van der Waals surface area contributed by atoms with Crippen molar-refractivity contribution < 1.29 is 22.4 Å². The lowest BCUT2D eigenvalue weighted by Gasteiger charge is -2.06. The third-order valence-corrected chi connectivity index (χ3v) is 6.30. The van der Waals surface area contributed by atoms with Crippen LogP contribution in [0.5, 0.6) is 0 Å². The van der Waals surface area contributed by atoms with Crippen LogP contribution in [0.1, 0.15) is 29.6 Å². The molecule has 0 atom stereocenters. The monoisotopic (exact) mass is 469 g/mol. The summed E-state index contributed by atoms with van der Waals surface area (Å²) in [6, 6.07) is 8.34. The summed E-state index contributed by atoms with van der Waals surface area (Å²) in [5.74, 6) is -2.72. The highest BCUT2D eigenvalue weighted by Crippen LogP contribution is 2.35. The van der Waals surface area contributed by atoms with Crippen molar-refractivity contribution in [3.63, 3.8) is 0 Å². The van der Waals surface area contributed by atoms with Crippen LogP contribution < -0.4 is 5.32 Å². The van der Waals surface area contributed by atoms with Crippen LogP contribution in [0, 0.1) is 28.8 Å². The van der Waals surface area contributed by atoms with Gasteiger partial charge in [-0.05, 0) is 42.7 Å². The Morgan fingerprint density at radius 1 is 1.15 bits per heavy atom. The van der Waals surface area contributed by atoms with Crippen molar-refractivity contribution in [2.75, 3.05) is 0 Å². The average molecular weight is 469 g/mol. The molecule has 1 N–H and O–H groups in total. The van der Waals surface area contributed by atoms with Gasteiger partial charge in [-0.3, -0.25) is 4.79 Å². The van der Waals surface area contributed by atoms with Gasteiger partial charge in [0.15, 0.2) is 11.6 Å². The number of aromatic nitrogens is 3. The van der Waals surface area contributed by atoms with Crippen LogP contribution >= 0.6 is 11.3 Å². The Morgan fingerprint density at radius 2 is 1.94 bits per heavy atom. The number of halogens is 3. The van der Waals surface area contributed by atoms with E-state index in [1.807, 2.05) is 0 Å². The average Bonchev–Trinajstić information content (AvgIpc) is 3.21. The second-order valence-corrected chi connectivity index (χ2v) is 8.78. The third kappa shape index (κ3) is 4.17. The Labute approximate surface area is 188 Å². The Hall–Kier alpha value is -3.78. The number of thiazole rings is 1. The Morgan fingerprint density at radius 3 is 2.67 bits per heavy atom. The summed E-state index contributed by atoms with van der Waals surface area (Å²) in [6.07, 6.45) is 1.23. The van der Waals surface area contributed by atoms with Gasteiger partial charge in [-0.25, -0.2) is 18.2 Å². The zero-order chi connectivity index (χ0) is 23.2. The molecule has 5 rings (SSSR count). The molecule has 1 amide bonds. The van der Waals surface area contributed by atoms with Gasteiger partial charge >= 0.3 is 0 Å². The lowest BCUT2D eigenvalue weighted by Crippen LogP contribution is -2.36. The van der Waals surface area contributed by atoms with E-state index in [4.69, 9.17) is 9.68 Å². The molecule has 0 spiro atoms. The molecule has 1 fully saturated rings. The fraction of sp³-hybridized carbons (Fsp3) is 0.227. The fourth-order valence-electron chi connectivity index (χ4n) is 3.37. The number of nitrogens with one attached hydrogen (secondary N) is 1. The number of rotatable bonds is 6. The highest BCUT2D eigenvalue weighted by molar-refractivity contribution is 7.18. The normalized spacial score (nSPS) is 14.2. The van der Waals surface area contributed by atoms with E-state index in [1.165, 1.54) is 12.1 Å². The van der Waals surface area contributed by atoms with E-state index in [1.54, 1.807) is 6.07 Å². The number of carbonyl (C=O) groups is 1. The summed E-state index contributed by atoms with van der Waals surface area (Å²) in [5, 5.41) is 20.0. The second kappa shape index (κ2) is 7.97. The van der Waals surface area contributed by atoms with Crippen LogP contribution in [-0.2, 0) is 17.6 Å². The summed E-state index contributed by atoms with van der Waals surface area (Å²) < 4.78 is 47.6. The topological polar surface area (TPSA) is 105 Å². The first-order valence-electron chi connectivity index (χ1n) is 9.93. The van der Waals surface area contributed by atoms with Crippen molar-refractivity contribution in [2.24, 2.45) is 0 Å². The molecule has 11 heteroatoms. The quantitative estimate of drug-likeness (QED) is 0.457. The van der Waals surface area contributed by atoms with Crippen molar-refractivity contribution >= 4 is 27.5 Å². The van der Waals surface area contributed by atoms with Crippen molar-refractivity contribution in [3.8, 4) is 17.2 Å². The summed E-state index contributed by atoms with van der Waals surface area (Å²) in [6.45, 7) is 0. The molecule has 0 aliphatic heterocycles. The zero-order valence-electron chi connectivity index (χ0n) is 16.9. The van der Waals surface area contributed by atoms with Crippen LogP contribution in [0.4, 0.5) is 13.2 Å². The van der Waals surface area contributed by atoms with E-state index < -0.39 is 23.0 Å². The van der Waals surface area contributed by atoms with Crippen LogP contribution in [0.15, 0.2) is 34.7 Å². The molecule has 166 valence electrons. The van der Waals surface area contributed by atoms with E-state index in [9.17, 15) is 13.6 Å². The number of nitrogens with zero attached hydrogens (tertiary/aromatic N) is 4. The highest BCUT2D eigenvalue weighted by Gasteiger charge is 2.44. The van der Waals surface area contributed by atoms with E-state index >= 15 is 4.39 Å². The lowest BCUT2D eigenvalue weighted by molar-refractivity contribution is -0.121. The predicted octanol–water partition coefficient (Wildman–Crippen LogP) is 4.07. The molecule has 2 aromatic carbocycles. The van der Waals surface area contributed by atoms with Crippen molar-refractivity contribution in [3.05, 3.63) is 64.6 Å². The van der Waals surface area contributed by atoms with Gasteiger partial charge in [0.2, 0.25) is 17.7 Å². The van der Waals surface area contributed by atoms with Gasteiger partial charge in [0, 0.05) is 5.56 Å². The largest absolute Gasteiger partial charge is 0.424 e. The first-order chi connectivity index (χ1) is 15.9. The van der Waals surface area contributed by atoms with E-state index in [-0.39, 0.29) is 46.4 Å². The molecule has 4 aromatic rings. The predicted molar refractivity (Wildman–Crippen MR) is 111 cm³/mol. The SMILES string of the molecule is N#CC1(NC(=O)Cc2nnc(Cc3nc4ccc(-c5ccc(F)c(F)c5)c(F)c4s3)o2)CC1. The van der Waals surface area contributed by atoms with Crippen LogP contribution in [0.25, 0.3) is 21.3 Å². The Bertz CT molecular complexity index is 1440. The molecule has 0 saturated heterocycles. The summed E-state index contributed by atoms with van der Waals surface area (Å²) >= 11 is 1.08. The van der Waals surface area contributed by atoms with E-state index in [0.717, 1.165) is 23.5 Å². The van der Waals surface area contributed by atoms with Gasteiger partial charge in [0.1, 0.15) is 22.8 Å². The number of fused-ring (bicyclic) bond motifs is 1. The third-order valence-electron chi connectivity index (χ3n) is 5.24. The Kier molecular flexibility index (Phi) is 5.09. The van der Waals surface area contributed by atoms with Crippen LogP contribution in [0.2, 0.25) is 0 Å². The Balaban J connectivity index is 1.33. The smallest absolute Gasteiger partial charge is 0.230 e. The fourth-order valence-corrected chi connectivity index (χ4v) is 4.36. The van der Waals surface area contributed by atoms with E-state index in [2.05, 4.69) is 26.6 Å². The maximum atomic E-state index is 15.1. The van der Waals surface area contributed by atoms with Gasteiger partial charge in [-0.15, -0.1) is 21.5 Å². The van der Waals surface area contributed by atoms with Crippen LogP contribution in [0.3, 0.4) is 0 Å². The van der Waals surface area contributed by atoms with Crippen LogP contribution in [-0.4, -0.2) is 26.6 Å². The second-order valence-electron chi connectivity index (χ2n) is 7.70. The maximum absolute atomic E-state index is 15.1. The van der Waals surface area contributed by atoms with Crippen molar-refractivity contribution in [1.29, 1.82) is 5.26 Å².